The average Bonchev–Trinajstić information content (AvgIpc) is 2.66. The van der Waals surface area contributed by atoms with Gasteiger partial charge >= 0.3 is 5.69 Å². The predicted molar refractivity (Wildman–Crippen MR) is 108 cm³/mol. The van der Waals surface area contributed by atoms with Crippen LogP contribution in [-0.4, -0.2) is 37.7 Å². The third-order valence-corrected chi connectivity index (χ3v) is 6.11. The standard InChI is InChI=1S/C19H24N4O4S/c1-14-8-10-22(11-9-14)18-7-6-15(13-21-18)12-20-16-4-3-5-17(28(2,26)27)19(16)23(24)25/h3-7,13-14,20H,8-12H2,1-2H3. The summed E-state index contributed by atoms with van der Waals surface area (Å²) < 4.78 is 23.7. The van der Waals surface area contributed by atoms with Gasteiger partial charge in [0, 0.05) is 32.1 Å². The van der Waals surface area contributed by atoms with Crippen LogP contribution in [0.1, 0.15) is 25.3 Å². The number of nitrogens with zero attached hydrogens (tertiary/aromatic N) is 3. The van der Waals surface area contributed by atoms with Crippen LogP contribution in [0.15, 0.2) is 41.4 Å². The zero-order valence-corrected chi connectivity index (χ0v) is 16.8. The van der Waals surface area contributed by atoms with Gasteiger partial charge < -0.3 is 10.2 Å². The number of benzene rings is 1. The molecule has 1 aliphatic heterocycles. The molecule has 2 aromatic rings. The maximum atomic E-state index is 11.8. The number of pyridine rings is 1. The molecule has 1 fully saturated rings. The lowest BCUT2D eigenvalue weighted by atomic mass is 9.99. The van der Waals surface area contributed by atoms with Crippen LogP contribution in [0.2, 0.25) is 0 Å². The number of rotatable bonds is 6. The Morgan fingerprint density at radius 3 is 2.54 bits per heavy atom. The van der Waals surface area contributed by atoms with Crippen molar-refractivity contribution in [2.24, 2.45) is 5.92 Å². The molecule has 0 amide bonds. The fraction of sp³-hybridized carbons (Fsp3) is 0.421. The Bertz CT molecular complexity index is 952. The van der Waals surface area contributed by atoms with Crippen LogP contribution in [0.4, 0.5) is 17.2 Å². The van der Waals surface area contributed by atoms with Gasteiger partial charge in [0.2, 0.25) is 0 Å². The molecular formula is C19H24N4O4S. The minimum atomic E-state index is -3.71. The number of para-hydroxylation sites is 1. The van der Waals surface area contributed by atoms with Crippen molar-refractivity contribution in [2.45, 2.75) is 31.2 Å². The molecule has 0 unspecified atom stereocenters. The van der Waals surface area contributed by atoms with Gasteiger partial charge in [0.25, 0.3) is 0 Å². The van der Waals surface area contributed by atoms with Crippen molar-refractivity contribution in [3.05, 3.63) is 52.2 Å². The summed E-state index contributed by atoms with van der Waals surface area (Å²) in [6, 6.07) is 8.12. The zero-order chi connectivity index (χ0) is 20.3. The minimum Gasteiger partial charge on any atom is -0.375 e. The van der Waals surface area contributed by atoms with E-state index >= 15 is 0 Å². The van der Waals surface area contributed by atoms with Crippen LogP contribution in [-0.2, 0) is 16.4 Å². The molecule has 0 spiro atoms. The topological polar surface area (TPSA) is 105 Å². The third-order valence-electron chi connectivity index (χ3n) is 4.98. The number of hydrogen-bond donors (Lipinski definition) is 1. The van der Waals surface area contributed by atoms with Crippen LogP contribution in [0.5, 0.6) is 0 Å². The lowest BCUT2D eigenvalue weighted by Gasteiger charge is -2.31. The fourth-order valence-electron chi connectivity index (χ4n) is 3.30. The third kappa shape index (κ3) is 4.59. The van der Waals surface area contributed by atoms with Crippen LogP contribution >= 0.6 is 0 Å². The van der Waals surface area contributed by atoms with Gasteiger partial charge in [-0.05, 0) is 42.5 Å². The second kappa shape index (κ2) is 8.14. The molecule has 28 heavy (non-hydrogen) atoms. The second-order valence-electron chi connectivity index (χ2n) is 7.23. The molecular weight excluding hydrogens is 380 g/mol. The van der Waals surface area contributed by atoms with E-state index in [9.17, 15) is 18.5 Å². The lowest BCUT2D eigenvalue weighted by molar-refractivity contribution is -0.386. The first-order valence-corrected chi connectivity index (χ1v) is 11.1. The smallest absolute Gasteiger partial charge is 0.310 e. The minimum absolute atomic E-state index is 0.169. The molecule has 8 nitrogen and oxygen atoms in total. The normalized spacial score (nSPS) is 15.4. The lowest BCUT2D eigenvalue weighted by Crippen LogP contribution is -2.33. The number of nitrogens with one attached hydrogen (secondary N) is 1. The Balaban J connectivity index is 1.73. The summed E-state index contributed by atoms with van der Waals surface area (Å²) in [4.78, 5) is 17.2. The maximum absolute atomic E-state index is 11.8. The van der Waals surface area contributed by atoms with Gasteiger partial charge in [-0.2, -0.15) is 0 Å². The monoisotopic (exact) mass is 404 g/mol. The van der Waals surface area contributed by atoms with Crippen LogP contribution in [0.25, 0.3) is 0 Å². The first kappa shape index (κ1) is 20.1. The van der Waals surface area contributed by atoms with E-state index in [2.05, 4.69) is 22.1 Å². The van der Waals surface area contributed by atoms with Crippen LogP contribution < -0.4 is 10.2 Å². The Hall–Kier alpha value is -2.68. The highest BCUT2D eigenvalue weighted by molar-refractivity contribution is 7.90. The Morgan fingerprint density at radius 2 is 1.96 bits per heavy atom. The molecule has 1 aromatic carbocycles. The van der Waals surface area contributed by atoms with Gasteiger partial charge in [0.1, 0.15) is 16.4 Å². The van der Waals surface area contributed by atoms with Gasteiger partial charge in [-0.25, -0.2) is 13.4 Å². The summed E-state index contributed by atoms with van der Waals surface area (Å²) in [5.41, 5.74) is 0.590. The highest BCUT2D eigenvalue weighted by Gasteiger charge is 2.26. The van der Waals surface area contributed by atoms with E-state index < -0.39 is 20.4 Å². The Labute approximate surface area is 164 Å². The molecule has 0 aliphatic carbocycles. The van der Waals surface area contributed by atoms with E-state index in [4.69, 9.17) is 0 Å². The first-order chi connectivity index (χ1) is 13.3. The van der Waals surface area contributed by atoms with Crippen LogP contribution in [0.3, 0.4) is 0 Å². The molecule has 1 aromatic heterocycles. The summed E-state index contributed by atoms with van der Waals surface area (Å²) in [7, 11) is -3.71. The SMILES string of the molecule is CC1CCN(c2ccc(CNc3cccc(S(C)(=O)=O)c3[N+](=O)[O-])cn2)CC1. The molecule has 0 radical (unpaired) electrons. The molecule has 1 N–H and O–H groups in total. The molecule has 0 bridgehead atoms. The highest BCUT2D eigenvalue weighted by Crippen LogP contribution is 2.32. The Kier molecular flexibility index (Phi) is 5.83. The second-order valence-corrected chi connectivity index (χ2v) is 9.21. The number of nitro benzene ring substituents is 1. The summed E-state index contributed by atoms with van der Waals surface area (Å²) in [6.45, 7) is 4.56. The van der Waals surface area contributed by atoms with Crippen molar-refractivity contribution >= 4 is 27.0 Å². The summed E-state index contributed by atoms with van der Waals surface area (Å²) in [5, 5.41) is 14.4. The van der Waals surface area contributed by atoms with E-state index in [1.54, 1.807) is 6.20 Å². The van der Waals surface area contributed by atoms with E-state index in [0.717, 1.165) is 49.5 Å². The van der Waals surface area contributed by atoms with Gasteiger partial charge in [0.05, 0.1) is 4.92 Å². The predicted octanol–water partition coefficient (Wildman–Crippen LogP) is 3.24. The largest absolute Gasteiger partial charge is 0.375 e. The summed E-state index contributed by atoms with van der Waals surface area (Å²) in [5.74, 6) is 1.68. The van der Waals surface area contributed by atoms with Crippen molar-refractivity contribution in [2.75, 3.05) is 29.6 Å². The van der Waals surface area contributed by atoms with Gasteiger partial charge in [-0.15, -0.1) is 0 Å². The van der Waals surface area contributed by atoms with E-state index in [1.807, 2.05) is 12.1 Å². The highest BCUT2D eigenvalue weighted by atomic mass is 32.2. The molecule has 1 saturated heterocycles. The van der Waals surface area contributed by atoms with Crippen LogP contribution in [0, 0.1) is 16.0 Å². The maximum Gasteiger partial charge on any atom is 0.310 e. The number of nitro groups is 1. The molecule has 3 rings (SSSR count). The summed E-state index contributed by atoms with van der Waals surface area (Å²) >= 11 is 0. The number of aromatic nitrogens is 1. The quantitative estimate of drug-likeness (QED) is 0.582. The molecule has 0 saturated carbocycles. The number of sulfone groups is 1. The number of anilines is 2. The number of piperidine rings is 1. The summed E-state index contributed by atoms with van der Waals surface area (Å²) in [6.07, 6.45) is 5.02. The molecule has 0 atom stereocenters. The van der Waals surface area contributed by atoms with Gasteiger partial charge in [-0.3, -0.25) is 10.1 Å². The molecule has 9 heteroatoms. The van der Waals surface area contributed by atoms with Crippen molar-refractivity contribution in [3.8, 4) is 0 Å². The van der Waals surface area contributed by atoms with Crippen molar-refractivity contribution in [1.82, 2.24) is 4.98 Å². The van der Waals surface area contributed by atoms with E-state index in [1.165, 1.54) is 18.2 Å². The average molecular weight is 404 g/mol. The van der Waals surface area contributed by atoms with Crippen molar-refractivity contribution < 1.29 is 13.3 Å². The molecule has 1 aliphatic rings. The molecule has 150 valence electrons. The zero-order valence-electron chi connectivity index (χ0n) is 16.0. The molecule has 2 heterocycles. The fourth-order valence-corrected chi connectivity index (χ4v) is 4.16. The van der Waals surface area contributed by atoms with E-state index in [-0.39, 0.29) is 10.6 Å². The van der Waals surface area contributed by atoms with Crippen molar-refractivity contribution in [1.29, 1.82) is 0 Å². The van der Waals surface area contributed by atoms with Crippen molar-refractivity contribution in [3.63, 3.8) is 0 Å². The first-order valence-electron chi connectivity index (χ1n) is 9.17. The number of hydrogen-bond acceptors (Lipinski definition) is 7. The Morgan fingerprint density at radius 1 is 1.25 bits per heavy atom. The van der Waals surface area contributed by atoms with Gasteiger partial charge in [0.15, 0.2) is 9.84 Å². The van der Waals surface area contributed by atoms with Gasteiger partial charge in [-0.1, -0.05) is 19.1 Å². The van der Waals surface area contributed by atoms with E-state index in [0.29, 0.717) is 6.54 Å².